The molecule has 0 aromatic heterocycles. The van der Waals surface area contributed by atoms with Crippen LogP contribution in [0.3, 0.4) is 0 Å². The first kappa shape index (κ1) is 11.3. The highest BCUT2D eigenvalue weighted by atomic mass is 16.5. The lowest BCUT2D eigenvalue weighted by molar-refractivity contribution is 0.477. The molecular weight excluding hydrogens is 244 g/mol. The van der Waals surface area contributed by atoms with Gasteiger partial charge in [0.2, 0.25) is 0 Å². The molecule has 1 aliphatic carbocycles. The van der Waals surface area contributed by atoms with Gasteiger partial charge in [-0.2, -0.15) is 0 Å². The van der Waals surface area contributed by atoms with Gasteiger partial charge in [-0.25, -0.2) is 0 Å². The average molecular weight is 257 g/mol. The Morgan fingerprint density at radius 1 is 0.800 bits per heavy atom. The standard InChI is InChI=1S/C19H13O/c1-2-8-15(9-3-1)20-19-12-6-11-17-16-10-5-4-7-14(16)13-18(17)19/h1-8,10-12H,13H2. The second kappa shape index (κ2) is 4.53. The number of ether oxygens (including phenoxy) is 1. The number of benzene rings is 3. The van der Waals surface area contributed by atoms with Crippen LogP contribution in [-0.4, -0.2) is 0 Å². The molecule has 0 fully saturated rings. The Morgan fingerprint density at radius 2 is 1.65 bits per heavy atom. The number of para-hydroxylation sites is 1. The van der Waals surface area contributed by atoms with Gasteiger partial charge in [0.15, 0.2) is 0 Å². The Balaban J connectivity index is 1.78. The quantitative estimate of drug-likeness (QED) is 0.498. The van der Waals surface area contributed by atoms with Crippen molar-refractivity contribution >= 4 is 0 Å². The van der Waals surface area contributed by atoms with Crippen molar-refractivity contribution in [1.82, 2.24) is 0 Å². The van der Waals surface area contributed by atoms with Crippen LogP contribution < -0.4 is 4.74 Å². The summed E-state index contributed by atoms with van der Waals surface area (Å²) in [6, 6.07) is 25.6. The molecule has 95 valence electrons. The zero-order valence-corrected chi connectivity index (χ0v) is 11.0. The summed E-state index contributed by atoms with van der Waals surface area (Å²) >= 11 is 0. The summed E-state index contributed by atoms with van der Waals surface area (Å²) in [5.74, 6) is 1.69. The molecule has 1 heteroatoms. The topological polar surface area (TPSA) is 9.23 Å². The Morgan fingerprint density at radius 3 is 2.55 bits per heavy atom. The molecule has 0 amide bonds. The van der Waals surface area contributed by atoms with Crippen LogP contribution in [0, 0.1) is 6.07 Å². The van der Waals surface area contributed by atoms with E-state index in [0.717, 1.165) is 17.9 Å². The molecule has 20 heavy (non-hydrogen) atoms. The normalized spacial score (nSPS) is 11.8. The summed E-state index contributed by atoms with van der Waals surface area (Å²) in [7, 11) is 0. The maximum atomic E-state index is 6.00. The second-order valence-corrected chi connectivity index (χ2v) is 4.95. The molecule has 1 aliphatic rings. The van der Waals surface area contributed by atoms with Crippen molar-refractivity contribution in [1.29, 1.82) is 0 Å². The highest BCUT2D eigenvalue weighted by Crippen LogP contribution is 2.41. The predicted molar refractivity (Wildman–Crippen MR) is 80.0 cm³/mol. The number of hydrogen-bond acceptors (Lipinski definition) is 1. The van der Waals surface area contributed by atoms with Gasteiger partial charge in [0.25, 0.3) is 0 Å². The number of rotatable bonds is 2. The van der Waals surface area contributed by atoms with Crippen LogP contribution in [-0.2, 0) is 6.42 Å². The third-order valence-corrected chi connectivity index (χ3v) is 3.71. The first-order chi connectivity index (χ1) is 9.92. The van der Waals surface area contributed by atoms with Crippen molar-refractivity contribution in [2.45, 2.75) is 6.42 Å². The summed E-state index contributed by atoms with van der Waals surface area (Å²) in [5, 5.41) is 0. The van der Waals surface area contributed by atoms with Crippen LogP contribution >= 0.6 is 0 Å². The summed E-state index contributed by atoms with van der Waals surface area (Å²) in [5.41, 5.74) is 5.25. The van der Waals surface area contributed by atoms with Gasteiger partial charge in [0.05, 0.1) is 0 Å². The highest BCUT2D eigenvalue weighted by Gasteiger charge is 2.21. The average Bonchev–Trinajstić information content (AvgIpc) is 2.88. The van der Waals surface area contributed by atoms with E-state index in [-0.39, 0.29) is 0 Å². The van der Waals surface area contributed by atoms with E-state index in [1.54, 1.807) is 0 Å². The van der Waals surface area contributed by atoms with E-state index in [4.69, 9.17) is 4.74 Å². The first-order valence-electron chi connectivity index (χ1n) is 6.76. The Bertz CT molecular complexity index is 760. The minimum Gasteiger partial charge on any atom is -0.456 e. The van der Waals surface area contributed by atoms with Gasteiger partial charge in [0, 0.05) is 18.1 Å². The third-order valence-electron chi connectivity index (χ3n) is 3.71. The maximum absolute atomic E-state index is 6.00. The predicted octanol–water partition coefficient (Wildman–Crippen LogP) is 4.85. The Labute approximate surface area is 118 Å². The van der Waals surface area contributed by atoms with Crippen LogP contribution in [0.2, 0.25) is 0 Å². The lowest BCUT2D eigenvalue weighted by Crippen LogP contribution is -1.90. The largest absolute Gasteiger partial charge is 0.456 e. The highest BCUT2D eigenvalue weighted by molar-refractivity contribution is 5.79. The smallest absolute Gasteiger partial charge is 0.135 e. The zero-order chi connectivity index (χ0) is 13.4. The van der Waals surface area contributed by atoms with Crippen LogP contribution in [0.1, 0.15) is 11.1 Å². The van der Waals surface area contributed by atoms with Gasteiger partial charge in [-0.15, -0.1) is 0 Å². The van der Waals surface area contributed by atoms with Crippen molar-refractivity contribution in [2.24, 2.45) is 0 Å². The Kier molecular flexibility index (Phi) is 2.56. The molecule has 0 saturated carbocycles. The molecule has 0 spiro atoms. The number of hydrogen-bond donors (Lipinski definition) is 0. The zero-order valence-electron chi connectivity index (χ0n) is 11.0. The van der Waals surface area contributed by atoms with Crippen LogP contribution in [0.4, 0.5) is 0 Å². The van der Waals surface area contributed by atoms with Gasteiger partial charge < -0.3 is 4.74 Å². The van der Waals surface area contributed by atoms with E-state index in [1.165, 1.54) is 22.3 Å². The lowest BCUT2D eigenvalue weighted by Gasteiger charge is -2.10. The van der Waals surface area contributed by atoms with E-state index in [0.29, 0.717) is 0 Å². The van der Waals surface area contributed by atoms with E-state index in [1.807, 2.05) is 30.3 Å². The molecule has 1 radical (unpaired) electrons. The van der Waals surface area contributed by atoms with Gasteiger partial charge in [0.1, 0.15) is 11.5 Å². The molecule has 0 atom stereocenters. The molecule has 3 aromatic carbocycles. The van der Waals surface area contributed by atoms with Crippen LogP contribution in [0.15, 0.2) is 66.7 Å². The SMILES string of the molecule is [c]1ccccc1Oc1cccc2c1Cc1ccccc1-2. The molecule has 1 nitrogen and oxygen atoms in total. The second-order valence-electron chi connectivity index (χ2n) is 4.95. The fourth-order valence-electron chi connectivity index (χ4n) is 2.78. The molecule has 0 bridgehead atoms. The van der Waals surface area contributed by atoms with Crippen LogP contribution in [0.5, 0.6) is 11.5 Å². The minimum absolute atomic E-state index is 0.761. The molecule has 0 N–H and O–H groups in total. The fourth-order valence-corrected chi connectivity index (χ4v) is 2.78. The van der Waals surface area contributed by atoms with E-state index < -0.39 is 0 Å². The van der Waals surface area contributed by atoms with Gasteiger partial charge in [-0.05, 0) is 28.8 Å². The van der Waals surface area contributed by atoms with Gasteiger partial charge in [-0.1, -0.05) is 54.6 Å². The van der Waals surface area contributed by atoms with Crippen molar-refractivity contribution in [3.05, 3.63) is 83.9 Å². The third kappa shape index (κ3) is 1.79. The van der Waals surface area contributed by atoms with Crippen molar-refractivity contribution in [2.75, 3.05) is 0 Å². The molecule has 0 saturated heterocycles. The molecule has 0 heterocycles. The molecule has 0 unspecified atom stereocenters. The van der Waals surface area contributed by atoms with E-state index >= 15 is 0 Å². The molecule has 4 rings (SSSR count). The van der Waals surface area contributed by atoms with Gasteiger partial charge >= 0.3 is 0 Å². The fraction of sp³-hybridized carbons (Fsp3) is 0.0526. The molecule has 3 aromatic rings. The molecule has 0 aliphatic heterocycles. The first-order valence-corrected chi connectivity index (χ1v) is 6.76. The lowest BCUT2D eigenvalue weighted by atomic mass is 10.1. The van der Waals surface area contributed by atoms with Gasteiger partial charge in [-0.3, -0.25) is 0 Å². The van der Waals surface area contributed by atoms with E-state index in [2.05, 4.69) is 42.5 Å². The van der Waals surface area contributed by atoms with Crippen molar-refractivity contribution in [3.63, 3.8) is 0 Å². The number of fused-ring (bicyclic) bond motifs is 3. The molecular formula is C19H13O. The van der Waals surface area contributed by atoms with E-state index in [9.17, 15) is 0 Å². The maximum Gasteiger partial charge on any atom is 0.135 e. The summed E-state index contributed by atoms with van der Waals surface area (Å²) < 4.78 is 6.00. The summed E-state index contributed by atoms with van der Waals surface area (Å²) in [6.07, 6.45) is 0.939. The summed E-state index contributed by atoms with van der Waals surface area (Å²) in [6.45, 7) is 0. The summed E-state index contributed by atoms with van der Waals surface area (Å²) in [4.78, 5) is 0. The van der Waals surface area contributed by atoms with Crippen molar-refractivity contribution in [3.8, 4) is 22.6 Å². The minimum atomic E-state index is 0.761. The Hall–Kier alpha value is -2.54. The monoisotopic (exact) mass is 257 g/mol. The van der Waals surface area contributed by atoms with Crippen molar-refractivity contribution < 1.29 is 4.74 Å². The van der Waals surface area contributed by atoms with Crippen LogP contribution in [0.25, 0.3) is 11.1 Å².